The van der Waals surface area contributed by atoms with Gasteiger partial charge in [-0.1, -0.05) is 102 Å². The van der Waals surface area contributed by atoms with Crippen LogP contribution in [0.4, 0.5) is 0 Å². The first-order valence-corrected chi connectivity index (χ1v) is 15.3. The van der Waals surface area contributed by atoms with E-state index in [-0.39, 0.29) is 5.92 Å². The summed E-state index contributed by atoms with van der Waals surface area (Å²) in [6.07, 6.45) is 9.86. The van der Waals surface area contributed by atoms with Crippen LogP contribution in [-0.2, 0) is 4.79 Å². The fourth-order valence-electron chi connectivity index (χ4n) is 4.20. The molecule has 220 valence electrons. The van der Waals surface area contributed by atoms with E-state index in [1.165, 1.54) is 38.5 Å². The first kappa shape index (κ1) is 32.5. The molecule has 3 rings (SSSR count). The molecule has 3 aromatic carbocycles. The molecule has 0 radical (unpaired) electrons. The highest BCUT2D eigenvalue weighted by atomic mass is 35.5. The third-order valence-corrected chi connectivity index (χ3v) is 7.68. The second-order valence-electron chi connectivity index (χ2n) is 10.5. The summed E-state index contributed by atoms with van der Waals surface area (Å²) in [7, 11) is 0. The van der Waals surface area contributed by atoms with Gasteiger partial charge in [0.15, 0.2) is 0 Å². The van der Waals surface area contributed by atoms with E-state index < -0.39 is 17.3 Å². The summed E-state index contributed by atoms with van der Waals surface area (Å²) < 4.78 is 16.7. The first-order chi connectivity index (χ1) is 19.8. The van der Waals surface area contributed by atoms with Gasteiger partial charge in [-0.2, -0.15) is 0 Å². The van der Waals surface area contributed by atoms with Gasteiger partial charge in [0.2, 0.25) is 0 Å². The summed E-state index contributed by atoms with van der Waals surface area (Å²) in [5.74, 6) is 0.424. The van der Waals surface area contributed by atoms with Crippen LogP contribution in [0.5, 0.6) is 17.2 Å². The van der Waals surface area contributed by atoms with E-state index in [4.69, 9.17) is 37.4 Å². The maximum absolute atomic E-state index is 12.7. The Morgan fingerprint density at radius 2 is 1.27 bits per heavy atom. The molecule has 3 aromatic rings. The SMILES string of the molecule is CCCCCCCCCCOc1ccc(C(=O)Oc2ccc(-c3ccc(OC(=O)C(Cl)C(C)C)cc3)cc2)cc1Cl. The van der Waals surface area contributed by atoms with Gasteiger partial charge < -0.3 is 14.2 Å². The standard InChI is InChI=1S/C34H40Cl2O5/c1-4-5-6-7-8-9-10-11-22-39-31-21-16-27(23-30(31)35)33(37)40-28-17-12-25(13-18-28)26-14-19-29(20-15-26)41-34(38)32(36)24(2)3/h12-21,23-24,32H,4-11,22H2,1-3H3. The number of rotatable bonds is 16. The fraction of sp³-hybridized carbons (Fsp3) is 0.412. The van der Waals surface area contributed by atoms with E-state index >= 15 is 0 Å². The lowest BCUT2D eigenvalue weighted by atomic mass is 10.1. The number of benzene rings is 3. The van der Waals surface area contributed by atoms with E-state index in [0.29, 0.717) is 34.4 Å². The molecular weight excluding hydrogens is 559 g/mol. The Hall–Kier alpha value is -3.02. The number of alkyl halides is 1. The molecule has 0 saturated heterocycles. The Morgan fingerprint density at radius 1 is 0.732 bits per heavy atom. The van der Waals surface area contributed by atoms with Crippen molar-refractivity contribution in [1.82, 2.24) is 0 Å². The first-order valence-electron chi connectivity index (χ1n) is 14.5. The van der Waals surface area contributed by atoms with Crippen molar-refractivity contribution >= 4 is 35.1 Å². The molecule has 7 heteroatoms. The van der Waals surface area contributed by atoms with Crippen molar-refractivity contribution in [3.05, 3.63) is 77.3 Å². The molecule has 0 saturated carbocycles. The van der Waals surface area contributed by atoms with Gasteiger partial charge >= 0.3 is 11.9 Å². The molecule has 0 aliphatic carbocycles. The largest absolute Gasteiger partial charge is 0.492 e. The third kappa shape index (κ3) is 10.7. The molecule has 0 spiro atoms. The van der Waals surface area contributed by atoms with Crippen LogP contribution in [0.2, 0.25) is 5.02 Å². The van der Waals surface area contributed by atoms with Crippen LogP contribution in [0.1, 0.15) is 82.5 Å². The predicted octanol–water partition coefficient (Wildman–Crippen LogP) is 9.91. The van der Waals surface area contributed by atoms with E-state index in [2.05, 4.69) is 6.92 Å². The zero-order valence-electron chi connectivity index (χ0n) is 24.2. The lowest BCUT2D eigenvalue weighted by molar-refractivity contribution is -0.134. The number of carbonyl (C=O) groups excluding carboxylic acids is 2. The van der Waals surface area contributed by atoms with E-state index in [0.717, 1.165) is 24.0 Å². The zero-order valence-corrected chi connectivity index (χ0v) is 25.7. The Kier molecular flexibility index (Phi) is 13.5. The maximum Gasteiger partial charge on any atom is 0.343 e. The van der Waals surface area contributed by atoms with Gasteiger partial charge in [-0.25, -0.2) is 4.79 Å². The molecule has 0 aromatic heterocycles. The lowest BCUT2D eigenvalue weighted by Crippen LogP contribution is -2.25. The smallest absolute Gasteiger partial charge is 0.343 e. The van der Waals surface area contributed by atoms with Gasteiger partial charge in [0.05, 0.1) is 17.2 Å². The Balaban J connectivity index is 1.46. The van der Waals surface area contributed by atoms with Crippen LogP contribution in [0, 0.1) is 5.92 Å². The van der Waals surface area contributed by atoms with Crippen molar-refractivity contribution in [1.29, 1.82) is 0 Å². The lowest BCUT2D eigenvalue weighted by Gasteiger charge is -2.12. The summed E-state index contributed by atoms with van der Waals surface area (Å²) in [6.45, 7) is 6.56. The summed E-state index contributed by atoms with van der Waals surface area (Å²) >= 11 is 12.4. The van der Waals surface area contributed by atoms with Crippen molar-refractivity contribution in [3.63, 3.8) is 0 Å². The van der Waals surface area contributed by atoms with Crippen molar-refractivity contribution in [2.75, 3.05) is 6.61 Å². The molecule has 1 atom stereocenters. The topological polar surface area (TPSA) is 61.8 Å². The van der Waals surface area contributed by atoms with Crippen molar-refractivity contribution < 1.29 is 23.8 Å². The van der Waals surface area contributed by atoms with Crippen molar-refractivity contribution in [2.24, 2.45) is 5.92 Å². The number of carbonyl (C=O) groups is 2. The van der Waals surface area contributed by atoms with Crippen LogP contribution >= 0.6 is 23.2 Å². The van der Waals surface area contributed by atoms with Crippen molar-refractivity contribution in [2.45, 2.75) is 77.5 Å². The molecule has 0 fully saturated rings. The molecular formula is C34H40Cl2O5. The second-order valence-corrected chi connectivity index (χ2v) is 11.4. The summed E-state index contributed by atoms with van der Waals surface area (Å²) in [4.78, 5) is 24.8. The highest BCUT2D eigenvalue weighted by molar-refractivity contribution is 6.32. The van der Waals surface area contributed by atoms with Crippen LogP contribution in [-0.4, -0.2) is 23.9 Å². The average Bonchev–Trinajstić information content (AvgIpc) is 2.97. The number of ether oxygens (including phenoxy) is 3. The van der Waals surface area contributed by atoms with Crippen LogP contribution < -0.4 is 14.2 Å². The van der Waals surface area contributed by atoms with Gasteiger partial charge in [-0.05, 0) is 65.9 Å². The van der Waals surface area contributed by atoms with Crippen LogP contribution in [0.3, 0.4) is 0 Å². The van der Waals surface area contributed by atoms with E-state index in [1.807, 2.05) is 38.1 Å². The fourth-order valence-corrected chi connectivity index (χ4v) is 4.48. The minimum atomic E-state index is -0.697. The highest BCUT2D eigenvalue weighted by Crippen LogP contribution is 2.28. The predicted molar refractivity (Wildman–Crippen MR) is 167 cm³/mol. The number of esters is 2. The number of hydrogen-bond acceptors (Lipinski definition) is 5. The molecule has 1 unspecified atom stereocenters. The van der Waals surface area contributed by atoms with Gasteiger partial charge in [-0.3, -0.25) is 4.79 Å². The molecule has 5 nitrogen and oxygen atoms in total. The van der Waals surface area contributed by atoms with Crippen LogP contribution in [0.25, 0.3) is 11.1 Å². The Morgan fingerprint density at radius 3 is 1.80 bits per heavy atom. The van der Waals surface area contributed by atoms with Gasteiger partial charge in [0.1, 0.15) is 22.6 Å². The number of halogens is 2. The Bertz CT molecular complexity index is 1240. The number of hydrogen-bond donors (Lipinski definition) is 0. The Labute approximate surface area is 254 Å². The summed E-state index contributed by atoms with van der Waals surface area (Å²) in [5.41, 5.74) is 2.18. The van der Waals surface area contributed by atoms with E-state index in [9.17, 15) is 9.59 Å². The number of unbranched alkanes of at least 4 members (excludes halogenated alkanes) is 7. The molecule has 41 heavy (non-hydrogen) atoms. The highest BCUT2D eigenvalue weighted by Gasteiger charge is 2.21. The van der Waals surface area contributed by atoms with E-state index in [1.54, 1.807) is 42.5 Å². The normalized spacial score (nSPS) is 11.8. The molecule has 0 N–H and O–H groups in total. The molecule has 0 heterocycles. The van der Waals surface area contributed by atoms with Gasteiger partial charge in [-0.15, -0.1) is 11.6 Å². The molecule has 0 aliphatic heterocycles. The average molecular weight is 600 g/mol. The molecule has 0 amide bonds. The molecule has 0 bridgehead atoms. The van der Waals surface area contributed by atoms with Crippen molar-refractivity contribution in [3.8, 4) is 28.4 Å². The molecule has 0 aliphatic rings. The van der Waals surface area contributed by atoms with Gasteiger partial charge in [0, 0.05) is 0 Å². The quantitative estimate of drug-likeness (QED) is 0.0710. The summed E-state index contributed by atoms with van der Waals surface area (Å²) in [6, 6.07) is 19.2. The minimum absolute atomic E-state index is 0.0178. The van der Waals surface area contributed by atoms with Crippen LogP contribution in [0.15, 0.2) is 66.7 Å². The summed E-state index contributed by atoms with van der Waals surface area (Å²) in [5, 5.41) is -0.314. The third-order valence-electron chi connectivity index (χ3n) is 6.70. The maximum atomic E-state index is 12.7. The second kappa shape index (κ2) is 17.1. The van der Waals surface area contributed by atoms with Gasteiger partial charge in [0.25, 0.3) is 0 Å². The monoisotopic (exact) mass is 598 g/mol. The zero-order chi connectivity index (χ0) is 29.6. The minimum Gasteiger partial charge on any atom is -0.492 e.